The molecule has 1 unspecified atom stereocenters. The number of H-pyrrole nitrogens is 1. The third kappa shape index (κ3) is 4.08. The van der Waals surface area contributed by atoms with Crippen LogP contribution in [0.15, 0.2) is 42.7 Å². The molecule has 1 aliphatic heterocycles. The van der Waals surface area contributed by atoms with Crippen molar-refractivity contribution in [3.8, 4) is 5.75 Å². The predicted molar refractivity (Wildman–Crippen MR) is 115 cm³/mol. The molecule has 1 N–H and O–H groups in total. The van der Waals surface area contributed by atoms with Gasteiger partial charge in [0.05, 0.1) is 22.4 Å². The van der Waals surface area contributed by atoms with E-state index in [1.165, 1.54) is 0 Å². The Morgan fingerprint density at radius 3 is 2.60 bits per heavy atom. The number of imidazole rings is 1. The Balaban J connectivity index is 1.35. The number of benzene rings is 2. The highest BCUT2D eigenvalue weighted by molar-refractivity contribution is 6.42. The number of nitrogens with one attached hydrogen (secondary N) is 1. The topological polar surface area (TPSA) is 78.5 Å². The molecule has 0 radical (unpaired) electrons. The minimum absolute atomic E-state index is 0.0615. The molecular formula is C21H20Cl2N4O3. The van der Waals surface area contributed by atoms with Gasteiger partial charge in [-0.3, -0.25) is 9.59 Å². The van der Waals surface area contributed by atoms with Crippen LogP contribution < -0.4 is 4.74 Å². The van der Waals surface area contributed by atoms with Gasteiger partial charge in [0.25, 0.3) is 11.8 Å². The number of hydrogen-bond acceptors (Lipinski definition) is 4. The van der Waals surface area contributed by atoms with Crippen LogP contribution in [0.4, 0.5) is 0 Å². The molecule has 1 atom stereocenters. The number of carbonyl (C=O) groups excluding carboxylic acids is 2. The first-order chi connectivity index (χ1) is 14.4. The fourth-order valence-corrected chi connectivity index (χ4v) is 3.79. The summed E-state index contributed by atoms with van der Waals surface area (Å²) in [4.78, 5) is 36.2. The van der Waals surface area contributed by atoms with E-state index >= 15 is 0 Å². The van der Waals surface area contributed by atoms with E-state index in [-0.39, 0.29) is 16.8 Å². The van der Waals surface area contributed by atoms with Crippen LogP contribution in [-0.4, -0.2) is 63.9 Å². The Hall–Kier alpha value is -2.77. The number of ether oxygens (including phenoxy) is 1. The Labute approximate surface area is 183 Å². The molecule has 156 valence electrons. The predicted octanol–water partition coefficient (Wildman–Crippen LogP) is 3.62. The minimum atomic E-state index is -0.717. The van der Waals surface area contributed by atoms with Crippen molar-refractivity contribution in [3.63, 3.8) is 0 Å². The Bertz CT molecular complexity index is 1090. The molecule has 1 fully saturated rings. The number of nitrogens with zero attached hydrogens (tertiary/aromatic N) is 3. The molecule has 2 aromatic carbocycles. The van der Waals surface area contributed by atoms with Crippen molar-refractivity contribution < 1.29 is 14.3 Å². The van der Waals surface area contributed by atoms with Crippen LogP contribution in [0.3, 0.4) is 0 Å². The number of aromatic nitrogens is 2. The number of rotatable bonds is 4. The third-order valence-electron chi connectivity index (χ3n) is 5.11. The highest BCUT2D eigenvalue weighted by atomic mass is 35.5. The Kier molecular flexibility index (Phi) is 5.83. The number of amides is 2. The van der Waals surface area contributed by atoms with Gasteiger partial charge in [0.15, 0.2) is 6.10 Å². The molecule has 0 bridgehead atoms. The molecule has 30 heavy (non-hydrogen) atoms. The van der Waals surface area contributed by atoms with Crippen molar-refractivity contribution >= 4 is 46.0 Å². The first-order valence-corrected chi connectivity index (χ1v) is 10.3. The highest BCUT2D eigenvalue weighted by Crippen LogP contribution is 2.32. The molecule has 1 aromatic heterocycles. The summed E-state index contributed by atoms with van der Waals surface area (Å²) in [6.07, 6.45) is 0.884. The van der Waals surface area contributed by atoms with Gasteiger partial charge < -0.3 is 19.5 Å². The maximum absolute atomic E-state index is 12.8. The Morgan fingerprint density at radius 1 is 1.10 bits per heavy atom. The summed E-state index contributed by atoms with van der Waals surface area (Å²) in [6, 6.07) is 10.4. The summed E-state index contributed by atoms with van der Waals surface area (Å²) in [7, 11) is 0. The average Bonchev–Trinajstić information content (AvgIpc) is 3.24. The summed E-state index contributed by atoms with van der Waals surface area (Å²) in [5.74, 6) is 0.152. The van der Waals surface area contributed by atoms with E-state index in [4.69, 9.17) is 27.9 Å². The zero-order valence-corrected chi connectivity index (χ0v) is 17.8. The van der Waals surface area contributed by atoms with E-state index in [1.54, 1.807) is 53.4 Å². The maximum atomic E-state index is 12.8. The van der Waals surface area contributed by atoms with E-state index in [0.29, 0.717) is 42.5 Å². The molecule has 9 heteroatoms. The summed E-state index contributed by atoms with van der Waals surface area (Å²) < 4.78 is 5.72. The number of piperazine rings is 1. The van der Waals surface area contributed by atoms with Gasteiger partial charge in [-0.15, -0.1) is 0 Å². The van der Waals surface area contributed by atoms with Crippen LogP contribution >= 0.6 is 23.2 Å². The van der Waals surface area contributed by atoms with Crippen LogP contribution in [0.25, 0.3) is 11.0 Å². The lowest BCUT2D eigenvalue weighted by atomic mass is 10.1. The highest BCUT2D eigenvalue weighted by Gasteiger charge is 2.28. The average molecular weight is 447 g/mol. The molecule has 3 aromatic rings. The van der Waals surface area contributed by atoms with Crippen LogP contribution in [0, 0.1) is 0 Å². The van der Waals surface area contributed by atoms with Gasteiger partial charge >= 0.3 is 0 Å². The lowest BCUT2D eigenvalue weighted by Gasteiger charge is -2.36. The van der Waals surface area contributed by atoms with Gasteiger partial charge in [0.1, 0.15) is 10.8 Å². The fourth-order valence-electron chi connectivity index (χ4n) is 3.45. The third-order valence-corrected chi connectivity index (χ3v) is 5.91. The largest absolute Gasteiger partial charge is 0.479 e. The van der Waals surface area contributed by atoms with Crippen LogP contribution in [-0.2, 0) is 4.79 Å². The molecule has 2 amide bonds. The summed E-state index contributed by atoms with van der Waals surface area (Å²) in [5.41, 5.74) is 2.23. The SMILES string of the molecule is CC(Oc1cccc(Cl)c1Cl)C(=O)N1CCN(C(=O)c2ccc3nc[nH]c3c2)CC1. The molecule has 1 saturated heterocycles. The van der Waals surface area contributed by atoms with E-state index in [9.17, 15) is 9.59 Å². The monoisotopic (exact) mass is 446 g/mol. The molecule has 7 nitrogen and oxygen atoms in total. The maximum Gasteiger partial charge on any atom is 0.263 e. The second kappa shape index (κ2) is 8.53. The zero-order chi connectivity index (χ0) is 21.3. The van der Waals surface area contributed by atoms with Crippen molar-refractivity contribution in [2.45, 2.75) is 13.0 Å². The number of hydrogen-bond donors (Lipinski definition) is 1. The number of fused-ring (bicyclic) bond motifs is 1. The normalized spacial score (nSPS) is 15.3. The molecule has 0 saturated carbocycles. The smallest absolute Gasteiger partial charge is 0.263 e. The fraction of sp³-hybridized carbons (Fsp3) is 0.286. The molecule has 0 aliphatic carbocycles. The first kappa shape index (κ1) is 20.5. The standard InChI is InChI=1S/C21H20Cl2N4O3/c1-13(30-18-4-2-3-15(22)19(18)23)20(28)26-7-9-27(10-8-26)21(29)14-5-6-16-17(11-14)25-12-24-16/h2-6,11-13H,7-10H2,1H3,(H,24,25). The van der Waals surface area contributed by atoms with Crippen LogP contribution in [0.2, 0.25) is 10.0 Å². The second-order valence-electron chi connectivity index (χ2n) is 7.06. The van der Waals surface area contributed by atoms with Gasteiger partial charge in [0, 0.05) is 31.7 Å². The van der Waals surface area contributed by atoms with Crippen LogP contribution in [0.5, 0.6) is 5.75 Å². The van der Waals surface area contributed by atoms with Gasteiger partial charge in [-0.25, -0.2) is 4.98 Å². The van der Waals surface area contributed by atoms with E-state index < -0.39 is 6.10 Å². The quantitative estimate of drug-likeness (QED) is 0.663. The van der Waals surface area contributed by atoms with Gasteiger partial charge in [-0.1, -0.05) is 29.3 Å². The van der Waals surface area contributed by atoms with Crippen molar-refractivity contribution in [2.75, 3.05) is 26.2 Å². The summed E-state index contributed by atoms with van der Waals surface area (Å²) >= 11 is 12.1. The van der Waals surface area contributed by atoms with Crippen molar-refractivity contribution in [2.24, 2.45) is 0 Å². The molecular weight excluding hydrogens is 427 g/mol. The number of aromatic amines is 1. The minimum Gasteiger partial charge on any atom is -0.479 e. The second-order valence-corrected chi connectivity index (χ2v) is 7.85. The van der Waals surface area contributed by atoms with Crippen molar-refractivity contribution in [3.05, 3.63) is 58.3 Å². The zero-order valence-electron chi connectivity index (χ0n) is 16.3. The molecule has 0 spiro atoms. The van der Waals surface area contributed by atoms with Crippen LogP contribution in [0.1, 0.15) is 17.3 Å². The lowest BCUT2D eigenvalue weighted by molar-refractivity contribution is -0.139. The molecule has 4 rings (SSSR count). The molecule has 1 aliphatic rings. The number of carbonyl (C=O) groups is 2. The van der Waals surface area contributed by atoms with Crippen molar-refractivity contribution in [1.82, 2.24) is 19.8 Å². The van der Waals surface area contributed by atoms with Gasteiger partial charge in [-0.05, 0) is 37.3 Å². The lowest BCUT2D eigenvalue weighted by Crippen LogP contribution is -2.53. The van der Waals surface area contributed by atoms with Gasteiger partial charge in [-0.2, -0.15) is 0 Å². The molecule has 2 heterocycles. The summed E-state index contributed by atoms with van der Waals surface area (Å²) in [5, 5.41) is 0.651. The van der Waals surface area contributed by atoms with Gasteiger partial charge in [0.2, 0.25) is 0 Å². The van der Waals surface area contributed by atoms with E-state index in [1.807, 2.05) is 6.07 Å². The summed E-state index contributed by atoms with van der Waals surface area (Å²) in [6.45, 7) is 3.46. The van der Waals surface area contributed by atoms with Crippen molar-refractivity contribution in [1.29, 1.82) is 0 Å². The van der Waals surface area contributed by atoms with E-state index in [2.05, 4.69) is 9.97 Å². The first-order valence-electron chi connectivity index (χ1n) is 9.56. The van der Waals surface area contributed by atoms with E-state index in [0.717, 1.165) is 11.0 Å². The Morgan fingerprint density at radius 2 is 1.83 bits per heavy atom. The number of halogens is 2.